The Morgan fingerprint density at radius 1 is 1.44 bits per heavy atom. The van der Waals surface area contributed by atoms with E-state index in [0.717, 1.165) is 5.56 Å². The van der Waals surface area contributed by atoms with Gasteiger partial charge in [0.2, 0.25) is 0 Å². The van der Waals surface area contributed by atoms with Gasteiger partial charge in [-0.3, -0.25) is 4.79 Å². The third kappa shape index (κ3) is 2.83. The molecule has 94 valence electrons. The van der Waals surface area contributed by atoms with Crippen LogP contribution in [-0.2, 0) is 6.54 Å². The van der Waals surface area contributed by atoms with Crippen molar-refractivity contribution in [3.63, 3.8) is 0 Å². The third-order valence-corrected chi connectivity index (χ3v) is 3.86. The number of anilines is 1. The normalized spacial score (nSPS) is 10.3. The fourth-order valence-corrected chi connectivity index (χ4v) is 2.79. The number of halogens is 1. The molecule has 0 fully saturated rings. The molecule has 18 heavy (non-hydrogen) atoms. The molecule has 0 bridgehead atoms. The maximum absolute atomic E-state index is 12.1. The molecule has 0 aliphatic heterocycles. The van der Waals surface area contributed by atoms with Crippen LogP contribution in [0.5, 0.6) is 0 Å². The minimum atomic E-state index is -0.0718. The summed E-state index contributed by atoms with van der Waals surface area (Å²) < 4.78 is 0. The van der Waals surface area contributed by atoms with E-state index in [4.69, 9.17) is 17.3 Å². The maximum Gasteiger partial charge on any atom is 0.265 e. The second kappa shape index (κ2) is 5.42. The van der Waals surface area contributed by atoms with Crippen molar-refractivity contribution in [1.82, 2.24) is 4.90 Å². The van der Waals surface area contributed by atoms with Crippen LogP contribution in [0, 0.1) is 0 Å². The van der Waals surface area contributed by atoms with Crippen LogP contribution >= 0.6 is 22.9 Å². The summed E-state index contributed by atoms with van der Waals surface area (Å²) in [7, 11) is 1.75. The van der Waals surface area contributed by atoms with E-state index in [0.29, 0.717) is 22.1 Å². The maximum atomic E-state index is 12.1. The predicted octanol–water partition coefficient (Wildman–Crippen LogP) is 3.26. The minimum absolute atomic E-state index is 0.0718. The number of amides is 1. The molecule has 0 aliphatic rings. The Hall–Kier alpha value is -1.52. The molecule has 1 aromatic carbocycles. The number of carbonyl (C=O) groups excluding carboxylic acids is 1. The van der Waals surface area contributed by atoms with E-state index in [-0.39, 0.29) is 5.91 Å². The van der Waals surface area contributed by atoms with Gasteiger partial charge in [0.15, 0.2) is 0 Å². The summed E-state index contributed by atoms with van der Waals surface area (Å²) >= 11 is 7.30. The first kappa shape index (κ1) is 12.9. The first-order chi connectivity index (χ1) is 8.58. The lowest BCUT2D eigenvalue weighted by Gasteiger charge is -2.16. The molecule has 0 saturated carbocycles. The zero-order chi connectivity index (χ0) is 13.1. The molecule has 0 atom stereocenters. The van der Waals surface area contributed by atoms with Gasteiger partial charge in [-0.15, -0.1) is 11.3 Å². The molecule has 3 nitrogen and oxygen atoms in total. The Bertz CT molecular complexity index is 568. The monoisotopic (exact) mass is 280 g/mol. The van der Waals surface area contributed by atoms with E-state index in [9.17, 15) is 4.79 Å². The number of nitrogen functional groups attached to an aromatic ring is 1. The van der Waals surface area contributed by atoms with Gasteiger partial charge in [-0.2, -0.15) is 0 Å². The lowest BCUT2D eigenvalue weighted by molar-refractivity contribution is 0.0790. The average molecular weight is 281 g/mol. The van der Waals surface area contributed by atoms with Crippen molar-refractivity contribution in [2.75, 3.05) is 12.8 Å². The summed E-state index contributed by atoms with van der Waals surface area (Å²) in [5.74, 6) is -0.0718. The van der Waals surface area contributed by atoms with E-state index >= 15 is 0 Å². The van der Waals surface area contributed by atoms with Crippen molar-refractivity contribution >= 4 is 34.5 Å². The number of carbonyl (C=O) groups is 1. The molecule has 5 heteroatoms. The van der Waals surface area contributed by atoms with Crippen LogP contribution in [0.3, 0.4) is 0 Å². The van der Waals surface area contributed by atoms with Gasteiger partial charge < -0.3 is 10.6 Å². The zero-order valence-electron chi connectivity index (χ0n) is 9.89. The fourth-order valence-electron chi connectivity index (χ4n) is 1.66. The first-order valence-corrected chi connectivity index (χ1v) is 6.66. The van der Waals surface area contributed by atoms with Gasteiger partial charge in [0, 0.05) is 19.3 Å². The number of hydrogen-bond acceptors (Lipinski definition) is 3. The van der Waals surface area contributed by atoms with Crippen LogP contribution in [0.4, 0.5) is 5.69 Å². The molecule has 0 spiro atoms. The number of nitrogens with zero attached hydrogens (tertiary/aromatic N) is 1. The highest BCUT2D eigenvalue weighted by atomic mass is 35.5. The lowest BCUT2D eigenvalue weighted by atomic mass is 10.2. The Morgan fingerprint density at radius 2 is 2.22 bits per heavy atom. The Balaban J connectivity index is 2.11. The third-order valence-electron chi connectivity index (χ3n) is 2.53. The molecule has 1 heterocycles. The molecule has 0 unspecified atom stereocenters. The Morgan fingerprint density at radius 3 is 2.83 bits per heavy atom. The SMILES string of the molecule is CN(Cc1cccc(N)c1)C(=O)c1sccc1Cl. The van der Waals surface area contributed by atoms with E-state index < -0.39 is 0 Å². The minimum Gasteiger partial charge on any atom is -0.399 e. The molecule has 2 rings (SSSR count). The van der Waals surface area contributed by atoms with Crippen molar-refractivity contribution in [1.29, 1.82) is 0 Å². The summed E-state index contributed by atoms with van der Waals surface area (Å²) in [6.45, 7) is 0.512. The van der Waals surface area contributed by atoms with Crippen LogP contribution in [-0.4, -0.2) is 17.9 Å². The standard InChI is InChI=1S/C13H13ClN2OS/c1-16(8-9-3-2-4-10(15)7-9)13(17)12-11(14)5-6-18-12/h2-7H,8,15H2,1H3. The second-order valence-electron chi connectivity index (χ2n) is 4.00. The average Bonchev–Trinajstić information content (AvgIpc) is 2.74. The van der Waals surface area contributed by atoms with Crippen molar-refractivity contribution in [3.8, 4) is 0 Å². The van der Waals surface area contributed by atoms with Crippen molar-refractivity contribution < 1.29 is 4.79 Å². The summed E-state index contributed by atoms with van der Waals surface area (Å²) in [6.07, 6.45) is 0. The summed E-state index contributed by atoms with van der Waals surface area (Å²) in [6, 6.07) is 9.23. The number of thiophene rings is 1. The van der Waals surface area contributed by atoms with Gasteiger partial charge >= 0.3 is 0 Å². The molecule has 0 radical (unpaired) electrons. The van der Waals surface area contributed by atoms with Crippen LogP contribution in [0.15, 0.2) is 35.7 Å². The molecule has 2 aromatic rings. The Labute approximate surface area is 115 Å². The summed E-state index contributed by atoms with van der Waals surface area (Å²) in [4.78, 5) is 14.3. The van der Waals surface area contributed by atoms with Gasteiger partial charge in [0.05, 0.1) is 5.02 Å². The summed E-state index contributed by atoms with van der Waals surface area (Å²) in [5.41, 5.74) is 7.40. The van der Waals surface area contributed by atoms with Gasteiger partial charge in [0.25, 0.3) is 5.91 Å². The van der Waals surface area contributed by atoms with E-state index in [1.165, 1.54) is 11.3 Å². The molecule has 0 saturated heterocycles. The summed E-state index contributed by atoms with van der Waals surface area (Å²) in [5, 5.41) is 2.31. The fraction of sp³-hybridized carbons (Fsp3) is 0.154. The second-order valence-corrected chi connectivity index (χ2v) is 5.33. The highest BCUT2D eigenvalue weighted by molar-refractivity contribution is 7.12. The molecule has 1 amide bonds. The smallest absolute Gasteiger partial charge is 0.265 e. The van der Waals surface area contributed by atoms with Crippen molar-refractivity contribution in [2.24, 2.45) is 0 Å². The van der Waals surface area contributed by atoms with Crippen LogP contribution in [0.2, 0.25) is 5.02 Å². The van der Waals surface area contributed by atoms with E-state index in [1.54, 1.807) is 18.0 Å². The molecule has 2 N–H and O–H groups in total. The zero-order valence-corrected chi connectivity index (χ0v) is 11.5. The van der Waals surface area contributed by atoms with E-state index in [2.05, 4.69) is 0 Å². The molecule has 1 aromatic heterocycles. The lowest BCUT2D eigenvalue weighted by Crippen LogP contribution is -2.25. The predicted molar refractivity (Wildman–Crippen MR) is 76.0 cm³/mol. The van der Waals surface area contributed by atoms with Gasteiger partial charge in [-0.05, 0) is 29.1 Å². The number of rotatable bonds is 3. The van der Waals surface area contributed by atoms with Crippen LogP contribution in [0.25, 0.3) is 0 Å². The molecular formula is C13H13ClN2OS. The highest BCUT2D eigenvalue weighted by Gasteiger charge is 2.16. The topological polar surface area (TPSA) is 46.3 Å². The molecular weight excluding hydrogens is 268 g/mol. The van der Waals surface area contributed by atoms with Gasteiger partial charge in [-0.25, -0.2) is 0 Å². The highest BCUT2D eigenvalue weighted by Crippen LogP contribution is 2.23. The Kier molecular flexibility index (Phi) is 3.89. The number of hydrogen-bond donors (Lipinski definition) is 1. The molecule has 0 aliphatic carbocycles. The van der Waals surface area contributed by atoms with Gasteiger partial charge in [-0.1, -0.05) is 23.7 Å². The van der Waals surface area contributed by atoms with Crippen molar-refractivity contribution in [2.45, 2.75) is 6.54 Å². The van der Waals surface area contributed by atoms with E-state index in [1.807, 2.05) is 29.6 Å². The first-order valence-electron chi connectivity index (χ1n) is 5.41. The van der Waals surface area contributed by atoms with Crippen LogP contribution in [0.1, 0.15) is 15.2 Å². The number of benzene rings is 1. The van der Waals surface area contributed by atoms with Crippen molar-refractivity contribution in [3.05, 3.63) is 51.2 Å². The largest absolute Gasteiger partial charge is 0.399 e. The van der Waals surface area contributed by atoms with Crippen LogP contribution < -0.4 is 5.73 Å². The van der Waals surface area contributed by atoms with Gasteiger partial charge in [0.1, 0.15) is 4.88 Å². The number of nitrogens with two attached hydrogens (primary N) is 1. The quantitative estimate of drug-likeness (QED) is 0.877.